The number of fused-ring (bicyclic) bond motifs is 7. The molecule has 0 aromatic heterocycles. The zero-order chi connectivity index (χ0) is 19.1. The van der Waals surface area contributed by atoms with E-state index in [-0.39, 0.29) is 11.8 Å². The number of carbonyl (C=O) groups is 1. The van der Waals surface area contributed by atoms with Gasteiger partial charge in [-0.15, -0.1) is 6.42 Å². The van der Waals surface area contributed by atoms with Gasteiger partial charge in [0.25, 0.3) is 0 Å². The number of rotatable bonds is 2. The minimum absolute atomic E-state index is 0.191. The van der Waals surface area contributed by atoms with E-state index in [1.165, 1.54) is 51.4 Å². The topological polar surface area (TPSA) is 29.1 Å². The van der Waals surface area contributed by atoms with Gasteiger partial charge >= 0.3 is 0 Å². The molecule has 2 nitrogen and oxygen atoms in total. The highest BCUT2D eigenvalue weighted by molar-refractivity contribution is 5.79. The van der Waals surface area contributed by atoms with Crippen molar-refractivity contribution in [3.05, 3.63) is 23.8 Å². The molecule has 3 saturated carbocycles. The maximum Gasteiger partial charge on any atom is 0.223 e. The summed E-state index contributed by atoms with van der Waals surface area (Å²) in [7, 11) is 0. The molecule has 0 heterocycles. The molecule has 0 aromatic carbocycles. The van der Waals surface area contributed by atoms with Crippen LogP contribution in [-0.2, 0) is 4.79 Å². The van der Waals surface area contributed by atoms with Gasteiger partial charge < -0.3 is 5.32 Å². The van der Waals surface area contributed by atoms with Gasteiger partial charge in [-0.2, -0.15) is 0 Å². The van der Waals surface area contributed by atoms with E-state index in [1.807, 2.05) is 5.57 Å². The zero-order valence-electron chi connectivity index (χ0n) is 17.1. The lowest BCUT2D eigenvalue weighted by atomic mass is 9.51. The van der Waals surface area contributed by atoms with Crippen LogP contribution in [0.3, 0.4) is 0 Å². The van der Waals surface area contributed by atoms with Gasteiger partial charge in [-0.3, -0.25) is 4.79 Å². The van der Waals surface area contributed by atoms with E-state index in [0.29, 0.717) is 6.54 Å². The van der Waals surface area contributed by atoms with Gasteiger partial charge in [0.15, 0.2) is 0 Å². The molecule has 0 aliphatic heterocycles. The van der Waals surface area contributed by atoms with E-state index in [9.17, 15) is 4.79 Å². The summed E-state index contributed by atoms with van der Waals surface area (Å²) in [5.41, 5.74) is 1.81. The molecular formula is C26H35NO. The van der Waals surface area contributed by atoms with E-state index in [4.69, 9.17) is 6.42 Å². The smallest absolute Gasteiger partial charge is 0.223 e. The zero-order valence-corrected chi connectivity index (χ0v) is 17.1. The molecule has 5 rings (SSSR count). The molecule has 5 aliphatic carbocycles. The van der Waals surface area contributed by atoms with Gasteiger partial charge in [-0.1, -0.05) is 29.7 Å². The molecule has 3 fully saturated rings. The van der Waals surface area contributed by atoms with Crippen molar-refractivity contribution < 1.29 is 4.79 Å². The van der Waals surface area contributed by atoms with E-state index in [0.717, 1.165) is 54.3 Å². The fourth-order valence-electron chi connectivity index (χ4n) is 7.88. The highest BCUT2D eigenvalue weighted by Gasteiger charge is 2.49. The molecule has 8 unspecified atom stereocenters. The van der Waals surface area contributed by atoms with Crippen LogP contribution < -0.4 is 5.32 Å². The summed E-state index contributed by atoms with van der Waals surface area (Å²) >= 11 is 0. The second-order valence-corrected chi connectivity index (χ2v) is 10.2. The van der Waals surface area contributed by atoms with Crippen LogP contribution in [0.15, 0.2) is 23.8 Å². The van der Waals surface area contributed by atoms with Crippen molar-refractivity contribution in [3.63, 3.8) is 0 Å². The standard InChI is InChI=1S/C26H35NO/c1-2-15-27-26(28)19-8-7-18-10-12-23-22-11-9-17-5-3-4-6-20(17)21(22)13-14-24(23)25(18)16-19/h1,4,6,13,17-20,22-25H,3,5,7-12,14-16H2,(H,27,28). The van der Waals surface area contributed by atoms with Crippen molar-refractivity contribution in [1.29, 1.82) is 0 Å². The van der Waals surface area contributed by atoms with Gasteiger partial charge in [0.05, 0.1) is 6.54 Å². The Balaban J connectivity index is 1.34. The molecule has 2 heteroatoms. The fourth-order valence-corrected chi connectivity index (χ4v) is 7.88. The first kappa shape index (κ1) is 18.5. The van der Waals surface area contributed by atoms with Crippen molar-refractivity contribution in [2.24, 2.45) is 47.3 Å². The third kappa shape index (κ3) is 3.16. The average Bonchev–Trinajstić information content (AvgIpc) is 2.76. The molecule has 1 N–H and O–H groups in total. The Morgan fingerprint density at radius 1 is 1.04 bits per heavy atom. The monoisotopic (exact) mass is 377 g/mol. The number of allylic oxidation sites excluding steroid dienone is 4. The third-order valence-electron chi connectivity index (χ3n) is 9.11. The lowest BCUT2D eigenvalue weighted by Gasteiger charge is -2.54. The summed E-state index contributed by atoms with van der Waals surface area (Å²) in [4.78, 5) is 12.6. The maximum atomic E-state index is 12.6. The molecule has 5 aliphatic rings. The van der Waals surface area contributed by atoms with Crippen LogP contribution in [0.5, 0.6) is 0 Å². The summed E-state index contributed by atoms with van der Waals surface area (Å²) in [5, 5.41) is 2.95. The molecule has 0 radical (unpaired) electrons. The lowest BCUT2D eigenvalue weighted by Crippen LogP contribution is -2.47. The number of amides is 1. The lowest BCUT2D eigenvalue weighted by molar-refractivity contribution is -0.128. The fraction of sp³-hybridized carbons (Fsp3) is 0.731. The van der Waals surface area contributed by atoms with Gasteiger partial charge in [0, 0.05) is 11.8 Å². The Bertz CT molecular complexity index is 712. The minimum Gasteiger partial charge on any atom is -0.345 e. The summed E-state index contributed by atoms with van der Waals surface area (Å²) in [6.45, 7) is 0.375. The first-order chi connectivity index (χ1) is 13.8. The molecule has 1 amide bonds. The molecule has 0 saturated heterocycles. The number of carbonyl (C=O) groups excluding carboxylic acids is 1. The van der Waals surface area contributed by atoms with E-state index < -0.39 is 0 Å². The van der Waals surface area contributed by atoms with Crippen molar-refractivity contribution in [1.82, 2.24) is 5.32 Å². The number of hydrogen-bond acceptors (Lipinski definition) is 1. The molecule has 0 aromatic rings. The van der Waals surface area contributed by atoms with Crippen LogP contribution in [0.25, 0.3) is 0 Å². The predicted molar refractivity (Wildman–Crippen MR) is 113 cm³/mol. The second kappa shape index (κ2) is 7.74. The van der Waals surface area contributed by atoms with Gasteiger partial charge in [-0.05, 0) is 99.7 Å². The van der Waals surface area contributed by atoms with Crippen LogP contribution in [0.1, 0.15) is 64.2 Å². The van der Waals surface area contributed by atoms with E-state index in [1.54, 1.807) is 0 Å². The van der Waals surface area contributed by atoms with Crippen LogP contribution >= 0.6 is 0 Å². The van der Waals surface area contributed by atoms with Gasteiger partial charge in [0.1, 0.15) is 0 Å². The Morgan fingerprint density at radius 3 is 2.79 bits per heavy atom. The third-order valence-corrected chi connectivity index (χ3v) is 9.11. The first-order valence-electron chi connectivity index (χ1n) is 11.8. The minimum atomic E-state index is 0.191. The SMILES string of the molecule is C#CCNC(=O)C1CCC2CCC3C4CCC5CCC=CC5C4=CCC3C2C1. The summed E-state index contributed by atoms with van der Waals surface area (Å²) < 4.78 is 0. The van der Waals surface area contributed by atoms with Crippen LogP contribution in [0, 0.1) is 59.7 Å². The largest absolute Gasteiger partial charge is 0.345 e. The first-order valence-corrected chi connectivity index (χ1v) is 11.8. The highest BCUT2D eigenvalue weighted by Crippen LogP contribution is 2.58. The molecule has 8 atom stereocenters. The van der Waals surface area contributed by atoms with Crippen molar-refractivity contribution in [3.8, 4) is 12.3 Å². The molecule has 0 spiro atoms. The van der Waals surface area contributed by atoms with Crippen LogP contribution in [0.2, 0.25) is 0 Å². The number of nitrogens with one attached hydrogen (secondary N) is 1. The molecule has 150 valence electrons. The summed E-state index contributed by atoms with van der Waals surface area (Å²) in [6.07, 6.45) is 26.1. The molecule has 0 bridgehead atoms. The average molecular weight is 378 g/mol. The van der Waals surface area contributed by atoms with Crippen LogP contribution in [0.4, 0.5) is 0 Å². The molecular weight excluding hydrogens is 342 g/mol. The Morgan fingerprint density at radius 2 is 1.89 bits per heavy atom. The quantitative estimate of drug-likeness (QED) is 0.525. The van der Waals surface area contributed by atoms with Crippen LogP contribution in [-0.4, -0.2) is 12.5 Å². The Kier molecular flexibility index (Phi) is 5.12. The Hall–Kier alpha value is -1.49. The van der Waals surface area contributed by atoms with Gasteiger partial charge in [-0.25, -0.2) is 0 Å². The highest BCUT2D eigenvalue weighted by atomic mass is 16.1. The second-order valence-electron chi connectivity index (χ2n) is 10.2. The summed E-state index contributed by atoms with van der Waals surface area (Å²) in [6, 6.07) is 0. The van der Waals surface area contributed by atoms with Crippen molar-refractivity contribution in [2.45, 2.75) is 64.2 Å². The number of terminal acetylenes is 1. The Labute approximate surface area is 170 Å². The van der Waals surface area contributed by atoms with Crippen molar-refractivity contribution in [2.75, 3.05) is 6.54 Å². The van der Waals surface area contributed by atoms with Gasteiger partial charge in [0.2, 0.25) is 5.91 Å². The maximum absolute atomic E-state index is 12.6. The molecule has 28 heavy (non-hydrogen) atoms. The normalized spacial score (nSPS) is 44.0. The number of hydrogen-bond donors (Lipinski definition) is 1. The van der Waals surface area contributed by atoms with E-state index >= 15 is 0 Å². The predicted octanol–water partition coefficient (Wildman–Crippen LogP) is 5.12. The van der Waals surface area contributed by atoms with Crippen molar-refractivity contribution >= 4 is 5.91 Å². The van der Waals surface area contributed by atoms with E-state index in [2.05, 4.69) is 29.5 Å². The summed E-state index contributed by atoms with van der Waals surface area (Å²) in [5.74, 6) is 8.76.